The van der Waals surface area contributed by atoms with Crippen LogP contribution in [0, 0.1) is 18.2 Å². The summed E-state index contributed by atoms with van der Waals surface area (Å²) in [7, 11) is -2.88. The second-order valence-corrected chi connectivity index (χ2v) is 8.39. The molecular formula is C25H23F3N4O3. The molecule has 182 valence electrons. The number of halogens is 3. The molecule has 2 aliphatic heterocycles. The number of methoxy groups -OCH3 is 1. The zero-order valence-corrected chi connectivity index (χ0v) is 18.4. The lowest BCUT2D eigenvalue weighted by molar-refractivity contribution is -0.170. The Bertz CT molecular complexity index is 1400. The molecular weight excluding hydrogens is 461 g/mol. The van der Waals surface area contributed by atoms with Gasteiger partial charge in [-0.1, -0.05) is 12.0 Å². The summed E-state index contributed by atoms with van der Waals surface area (Å²) in [5.74, 6) is -2.04. The van der Waals surface area contributed by atoms with E-state index < -0.39 is 31.4 Å². The van der Waals surface area contributed by atoms with Gasteiger partial charge in [-0.05, 0) is 18.2 Å². The van der Waals surface area contributed by atoms with Gasteiger partial charge in [-0.15, -0.1) is 6.42 Å². The molecule has 7 nitrogen and oxygen atoms in total. The van der Waals surface area contributed by atoms with E-state index in [2.05, 4.69) is 21.2 Å². The predicted molar refractivity (Wildman–Crippen MR) is 124 cm³/mol. The molecule has 2 saturated heterocycles. The number of nitrogens with one attached hydrogen (secondary N) is 1. The van der Waals surface area contributed by atoms with E-state index in [-0.39, 0.29) is 51.9 Å². The molecule has 1 atom stereocenters. The Balaban J connectivity index is 1.50. The third kappa shape index (κ3) is 4.45. The molecule has 3 aromatic rings. The summed E-state index contributed by atoms with van der Waals surface area (Å²) in [5.41, 5.74) is 0.284. The number of likely N-dealkylation sites (tertiary alicyclic amines) is 1. The molecule has 3 heterocycles. The highest BCUT2D eigenvalue weighted by atomic mass is 19.3. The minimum Gasteiger partial charge on any atom is -0.493 e. The first-order chi connectivity index (χ1) is 18.0. The van der Waals surface area contributed by atoms with Crippen molar-refractivity contribution in [2.45, 2.75) is 24.5 Å². The third-order valence-corrected chi connectivity index (χ3v) is 6.19. The molecule has 0 aliphatic carbocycles. The van der Waals surface area contributed by atoms with Crippen LogP contribution in [0.3, 0.4) is 0 Å². The zero-order chi connectivity index (χ0) is 27.1. The van der Waals surface area contributed by atoms with E-state index >= 15 is 8.78 Å². The maximum atomic E-state index is 15.1. The lowest BCUT2D eigenvalue weighted by Gasteiger charge is -2.44. The van der Waals surface area contributed by atoms with Crippen LogP contribution in [0.5, 0.6) is 11.5 Å². The van der Waals surface area contributed by atoms with Crippen molar-refractivity contribution in [3.8, 4) is 23.8 Å². The number of piperidine rings is 1. The van der Waals surface area contributed by atoms with Gasteiger partial charge in [-0.2, -0.15) is 0 Å². The smallest absolute Gasteiger partial charge is 0.296 e. The Morgan fingerprint density at radius 3 is 2.86 bits per heavy atom. The SMILES string of the molecule is [2H]C([2H])([2H])Oc1cc2ncnc(Nc3cccc(C#C)c3F)c2cc1O[C@@H]1CCN(C2COC2)CC1(F)F. The van der Waals surface area contributed by atoms with Crippen LogP contribution in [0.25, 0.3) is 10.9 Å². The normalized spacial score (nSPS) is 21.8. The molecule has 0 amide bonds. The minimum atomic E-state index is -3.23. The number of aromatic nitrogens is 2. The van der Waals surface area contributed by atoms with E-state index in [9.17, 15) is 4.39 Å². The number of nitrogens with zero attached hydrogens (tertiary/aromatic N) is 3. The van der Waals surface area contributed by atoms with Crippen molar-refractivity contribution >= 4 is 22.4 Å². The number of ether oxygens (including phenoxy) is 3. The molecule has 2 aliphatic rings. The second-order valence-electron chi connectivity index (χ2n) is 8.39. The van der Waals surface area contributed by atoms with Crippen molar-refractivity contribution in [3.05, 3.63) is 48.0 Å². The number of hydrogen-bond donors (Lipinski definition) is 1. The van der Waals surface area contributed by atoms with Crippen LogP contribution in [-0.4, -0.2) is 66.3 Å². The van der Waals surface area contributed by atoms with Crippen molar-refractivity contribution in [2.75, 3.05) is 38.7 Å². The topological polar surface area (TPSA) is 68.7 Å². The monoisotopic (exact) mass is 487 g/mol. The van der Waals surface area contributed by atoms with Crippen molar-refractivity contribution in [3.63, 3.8) is 0 Å². The predicted octanol–water partition coefficient (Wildman–Crippen LogP) is 3.99. The Hall–Kier alpha value is -3.55. The fourth-order valence-electron chi connectivity index (χ4n) is 4.19. The van der Waals surface area contributed by atoms with Crippen LogP contribution in [0.2, 0.25) is 0 Å². The standard InChI is InChI=1S/C25H23F3N4O3/c1-3-15-5-4-6-18(23(15)26)31-24-17-9-21(20(33-2)10-19(17)29-14-30-24)35-22-7-8-32(13-25(22,27)28)16-11-34-12-16/h1,4-6,9-10,14,16,22H,7-8,11-13H2,2H3,(H,29,30,31)/t22-/m1/s1/i2D3. The van der Waals surface area contributed by atoms with Crippen molar-refractivity contribution in [1.82, 2.24) is 14.9 Å². The molecule has 0 radical (unpaired) electrons. The number of terminal acetylenes is 1. The Morgan fingerprint density at radius 2 is 2.14 bits per heavy atom. The lowest BCUT2D eigenvalue weighted by Crippen LogP contribution is -2.60. The Kier molecular flexibility index (Phi) is 5.21. The first kappa shape index (κ1) is 19.7. The van der Waals surface area contributed by atoms with Gasteiger partial charge in [0.2, 0.25) is 0 Å². The van der Waals surface area contributed by atoms with Gasteiger partial charge in [0.05, 0.1) is 53.7 Å². The van der Waals surface area contributed by atoms with E-state index in [0.29, 0.717) is 19.8 Å². The van der Waals surface area contributed by atoms with Gasteiger partial charge in [-0.3, -0.25) is 4.90 Å². The number of hydrogen-bond acceptors (Lipinski definition) is 7. The second kappa shape index (κ2) is 9.24. The molecule has 0 bridgehead atoms. The van der Waals surface area contributed by atoms with Gasteiger partial charge in [0.1, 0.15) is 12.1 Å². The van der Waals surface area contributed by atoms with E-state index in [1.165, 1.54) is 30.6 Å². The van der Waals surface area contributed by atoms with Crippen LogP contribution >= 0.6 is 0 Å². The fraction of sp³-hybridized carbons (Fsp3) is 0.360. The molecule has 0 unspecified atom stereocenters. The number of fused-ring (bicyclic) bond motifs is 1. The summed E-state index contributed by atoms with van der Waals surface area (Å²) in [4.78, 5) is 9.94. The lowest BCUT2D eigenvalue weighted by atomic mass is 10.0. The fourth-order valence-corrected chi connectivity index (χ4v) is 4.19. The molecule has 10 heteroatoms. The van der Waals surface area contributed by atoms with Crippen LogP contribution in [0.4, 0.5) is 24.7 Å². The van der Waals surface area contributed by atoms with E-state index in [1.807, 2.05) is 0 Å². The molecule has 35 heavy (non-hydrogen) atoms. The Morgan fingerprint density at radius 1 is 1.29 bits per heavy atom. The van der Waals surface area contributed by atoms with Gasteiger partial charge in [0.15, 0.2) is 23.4 Å². The summed E-state index contributed by atoms with van der Waals surface area (Å²) in [6.45, 7) is 0.653. The highest BCUT2D eigenvalue weighted by Crippen LogP contribution is 2.39. The molecule has 1 aromatic heterocycles. The summed E-state index contributed by atoms with van der Waals surface area (Å²) in [6.07, 6.45) is 4.98. The van der Waals surface area contributed by atoms with Crippen LogP contribution in [-0.2, 0) is 4.74 Å². The minimum absolute atomic E-state index is 0.00473. The summed E-state index contributed by atoms with van der Waals surface area (Å²) < 4.78 is 83.5. The maximum Gasteiger partial charge on any atom is 0.296 e. The Labute approximate surface area is 204 Å². The number of alkyl halides is 2. The summed E-state index contributed by atoms with van der Waals surface area (Å²) >= 11 is 0. The summed E-state index contributed by atoms with van der Waals surface area (Å²) in [5, 5.41) is 3.10. The van der Waals surface area contributed by atoms with Gasteiger partial charge in [0, 0.05) is 24.4 Å². The molecule has 5 rings (SSSR count). The first-order valence-electron chi connectivity index (χ1n) is 12.4. The van der Waals surface area contributed by atoms with Gasteiger partial charge >= 0.3 is 0 Å². The molecule has 2 aromatic carbocycles. The van der Waals surface area contributed by atoms with Crippen molar-refractivity contribution < 1.29 is 31.5 Å². The number of anilines is 2. The maximum absolute atomic E-state index is 15.1. The molecule has 1 N–H and O–H groups in total. The highest BCUT2D eigenvalue weighted by molar-refractivity contribution is 5.93. The van der Waals surface area contributed by atoms with E-state index in [1.54, 1.807) is 11.0 Å². The van der Waals surface area contributed by atoms with Crippen molar-refractivity contribution in [2.24, 2.45) is 0 Å². The number of benzene rings is 2. The molecule has 0 spiro atoms. The summed E-state index contributed by atoms with van der Waals surface area (Å²) in [6, 6.07) is 6.96. The highest BCUT2D eigenvalue weighted by Gasteiger charge is 2.48. The van der Waals surface area contributed by atoms with Gasteiger partial charge in [-0.25, -0.2) is 23.1 Å². The van der Waals surface area contributed by atoms with Gasteiger partial charge < -0.3 is 19.5 Å². The molecule has 0 saturated carbocycles. The van der Waals surface area contributed by atoms with Gasteiger partial charge in [0.25, 0.3) is 5.92 Å². The van der Waals surface area contributed by atoms with Crippen molar-refractivity contribution in [1.29, 1.82) is 0 Å². The zero-order valence-electron chi connectivity index (χ0n) is 21.4. The largest absolute Gasteiger partial charge is 0.493 e. The van der Waals surface area contributed by atoms with E-state index in [4.69, 9.17) is 24.7 Å². The van der Waals surface area contributed by atoms with E-state index in [0.717, 1.165) is 0 Å². The first-order valence-corrected chi connectivity index (χ1v) is 10.9. The average Bonchev–Trinajstić information content (AvgIpc) is 2.80. The number of rotatable bonds is 6. The van der Waals surface area contributed by atoms with Crippen LogP contribution in [0.15, 0.2) is 36.7 Å². The quantitative estimate of drug-likeness (QED) is 0.528. The average molecular weight is 487 g/mol. The molecule has 2 fully saturated rings. The van der Waals surface area contributed by atoms with Crippen LogP contribution in [0.1, 0.15) is 16.1 Å². The van der Waals surface area contributed by atoms with Crippen LogP contribution < -0.4 is 14.8 Å². The third-order valence-electron chi connectivity index (χ3n) is 6.19.